The van der Waals surface area contributed by atoms with Crippen LogP contribution < -0.4 is 5.32 Å². The van der Waals surface area contributed by atoms with Gasteiger partial charge in [-0.2, -0.15) is 17.0 Å². The quantitative estimate of drug-likeness (QED) is 0.797. The predicted octanol–water partition coefficient (Wildman–Crippen LogP) is 1.94. The average Bonchev–Trinajstić information content (AvgIpc) is 2.74. The molecule has 0 bridgehead atoms. The highest BCUT2D eigenvalue weighted by atomic mass is 32.2. The molecule has 1 saturated carbocycles. The first-order chi connectivity index (χ1) is 7.13. The van der Waals surface area contributed by atoms with Crippen molar-refractivity contribution in [1.29, 1.82) is 5.26 Å². The fourth-order valence-corrected chi connectivity index (χ4v) is 2.85. The topological polar surface area (TPSA) is 52.9 Å². The third-order valence-corrected chi connectivity index (χ3v) is 4.54. The number of thioether (sulfide) groups is 1. The zero-order chi connectivity index (χ0) is 11.3. The molecule has 0 heterocycles. The summed E-state index contributed by atoms with van der Waals surface area (Å²) in [6.45, 7) is 2.34. The van der Waals surface area contributed by atoms with Crippen molar-refractivity contribution in [3.63, 3.8) is 0 Å². The first kappa shape index (κ1) is 12.4. The van der Waals surface area contributed by atoms with Crippen molar-refractivity contribution in [3.8, 4) is 6.07 Å². The minimum Gasteiger partial charge on any atom is -0.354 e. The Labute approximate surface area is 95.6 Å². The molecular formula is C11H18N2OS. The van der Waals surface area contributed by atoms with Crippen molar-refractivity contribution in [1.82, 2.24) is 5.32 Å². The molecule has 0 saturated heterocycles. The van der Waals surface area contributed by atoms with Crippen molar-refractivity contribution >= 4 is 17.7 Å². The van der Waals surface area contributed by atoms with Crippen LogP contribution in [0.3, 0.4) is 0 Å². The summed E-state index contributed by atoms with van der Waals surface area (Å²) in [7, 11) is 0. The highest BCUT2D eigenvalue weighted by Gasteiger charge is 2.33. The number of hydrogen-bond donors (Lipinski definition) is 1. The molecule has 1 atom stereocenters. The summed E-state index contributed by atoms with van der Waals surface area (Å²) in [4.78, 5) is 11.4. The number of nitrogens with zero attached hydrogens (tertiary/aromatic N) is 1. The Balaban J connectivity index is 2.41. The van der Waals surface area contributed by atoms with Gasteiger partial charge in [-0.25, -0.2) is 0 Å². The number of rotatable bonds is 4. The molecule has 0 aromatic carbocycles. The first-order valence-electron chi connectivity index (χ1n) is 5.36. The van der Waals surface area contributed by atoms with Crippen LogP contribution in [0.4, 0.5) is 0 Å². The summed E-state index contributed by atoms with van der Waals surface area (Å²) < 4.78 is 0.227. The van der Waals surface area contributed by atoms with Gasteiger partial charge in [0.15, 0.2) is 0 Å². The monoisotopic (exact) mass is 226 g/mol. The van der Waals surface area contributed by atoms with Crippen LogP contribution in [-0.2, 0) is 4.79 Å². The maximum absolute atomic E-state index is 11.4. The fourth-order valence-electron chi connectivity index (χ4n) is 1.93. The van der Waals surface area contributed by atoms with Crippen molar-refractivity contribution in [2.45, 2.75) is 37.4 Å². The minimum atomic E-state index is -0.537. The number of nitriles is 1. The molecule has 1 aliphatic rings. The van der Waals surface area contributed by atoms with Crippen LogP contribution in [-0.4, -0.2) is 23.5 Å². The molecule has 84 valence electrons. The van der Waals surface area contributed by atoms with E-state index in [-0.39, 0.29) is 10.7 Å². The fraction of sp³-hybridized carbons (Fsp3) is 0.818. The molecule has 1 rings (SSSR count). The molecule has 1 amide bonds. The van der Waals surface area contributed by atoms with Crippen LogP contribution in [0.15, 0.2) is 0 Å². The van der Waals surface area contributed by atoms with Crippen LogP contribution in [0.2, 0.25) is 0 Å². The van der Waals surface area contributed by atoms with E-state index in [0.29, 0.717) is 6.54 Å². The summed E-state index contributed by atoms with van der Waals surface area (Å²) in [5, 5.41) is 11.5. The van der Waals surface area contributed by atoms with E-state index in [1.807, 2.05) is 17.8 Å². The second kappa shape index (κ2) is 5.41. The van der Waals surface area contributed by atoms with Gasteiger partial charge in [0.25, 0.3) is 0 Å². The van der Waals surface area contributed by atoms with Crippen molar-refractivity contribution in [2.24, 2.45) is 5.92 Å². The maximum Gasteiger partial charge on any atom is 0.237 e. The lowest BCUT2D eigenvalue weighted by Gasteiger charge is -2.27. The van der Waals surface area contributed by atoms with Crippen molar-refractivity contribution in [3.05, 3.63) is 0 Å². The lowest BCUT2D eigenvalue weighted by atomic mass is 10.1. The molecule has 15 heavy (non-hydrogen) atoms. The second-order valence-corrected chi connectivity index (χ2v) is 5.44. The Morgan fingerprint density at radius 1 is 1.60 bits per heavy atom. The molecule has 1 N–H and O–H groups in total. The van der Waals surface area contributed by atoms with E-state index in [0.717, 1.165) is 0 Å². The number of amides is 1. The smallest absolute Gasteiger partial charge is 0.237 e. The third kappa shape index (κ3) is 3.13. The number of carbonyl (C=O) groups is 1. The first-order valence-corrected chi connectivity index (χ1v) is 6.58. The summed E-state index contributed by atoms with van der Waals surface area (Å²) in [6.07, 6.45) is 6.96. The lowest BCUT2D eigenvalue weighted by Crippen LogP contribution is -2.40. The van der Waals surface area contributed by atoms with Crippen molar-refractivity contribution < 1.29 is 4.79 Å². The SMILES string of the molecule is CSC1(CNC(=O)C(C)C#N)CCCC1. The van der Waals surface area contributed by atoms with E-state index in [4.69, 9.17) is 5.26 Å². The number of hydrogen-bond acceptors (Lipinski definition) is 3. The number of nitrogens with one attached hydrogen (secondary N) is 1. The van der Waals surface area contributed by atoms with Crippen LogP contribution >= 0.6 is 11.8 Å². The highest BCUT2D eigenvalue weighted by Crippen LogP contribution is 2.39. The standard InChI is InChI=1S/C11H18N2OS/c1-9(7-12)10(14)13-8-11(15-2)5-3-4-6-11/h9H,3-6,8H2,1-2H3,(H,13,14). The number of carbonyl (C=O) groups excluding carboxylic acids is 1. The Morgan fingerprint density at radius 3 is 2.67 bits per heavy atom. The minimum absolute atomic E-state index is 0.141. The maximum atomic E-state index is 11.4. The van der Waals surface area contributed by atoms with Crippen molar-refractivity contribution in [2.75, 3.05) is 12.8 Å². The lowest BCUT2D eigenvalue weighted by molar-refractivity contribution is -0.123. The largest absolute Gasteiger partial charge is 0.354 e. The van der Waals surface area contributed by atoms with Gasteiger partial charge in [0.05, 0.1) is 6.07 Å². The van der Waals surface area contributed by atoms with E-state index in [2.05, 4.69) is 11.6 Å². The van der Waals surface area contributed by atoms with Gasteiger partial charge in [-0.1, -0.05) is 12.8 Å². The zero-order valence-corrected chi connectivity index (χ0v) is 10.2. The van der Waals surface area contributed by atoms with Gasteiger partial charge in [-0.15, -0.1) is 0 Å². The zero-order valence-electron chi connectivity index (χ0n) is 9.38. The summed E-state index contributed by atoms with van der Waals surface area (Å²) in [5.41, 5.74) is 0. The predicted molar refractivity (Wildman–Crippen MR) is 62.5 cm³/mol. The molecule has 1 unspecified atom stereocenters. The normalized spacial score (nSPS) is 20.6. The average molecular weight is 226 g/mol. The Hall–Kier alpha value is -0.690. The molecule has 0 radical (unpaired) electrons. The molecule has 4 heteroatoms. The molecule has 0 aromatic heterocycles. The van der Waals surface area contributed by atoms with Gasteiger partial charge in [0.1, 0.15) is 5.92 Å². The Kier molecular flexibility index (Phi) is 4.46. The summed E-state index contributed by atoms with van der Waals surface area (Å²) in [5.74, 6) is -0.678. The van der Waals surface area contributed by atoms with Gasteiger partial charge in [0.2, 0.25) is 5.91 Å². The van der Waals surface area contributed by atoms with Crippen LogP contribution in [0, 0.1) is 17.2 Å². The third-order valence-electron chi connectivity index (χ3n) is 3.12. The summed E-state index contributed by atoms with van der Waals surface area (Å²) in [6, 6.07) is 1.95. The van der Waals surface area contributed by atoms with Gasteiger partial charge < -0.3 is 5.32 Å². The van der Waals surface area contributed by atoms with Crippen LogP contribution in [0.5, 0.6) is 0 Å². The second-order valence-electron chi connectivity index (χ2n) is 4.16. The van der Waals surface area contributed by atoms with Crippen LogP contribution in [0.1, 0.15) is 32.6 Å². The molecule has 0 spiro atoms. The van der Waals surface area contributed by atoms with Crippen LogP contribution in [0.25, 0.3) is 0 Å². The molecular weight excluding hydrogens is 208 g/mol. The molecule has 3 nitrogen and oxygen atoms in total. The molecule has 1 aliphatic carbocycles. The van der Waals surface area contributed by atoms with E-state index < -0.39 is 5.92 Å². The molecule has 0 aliphatic heterocycles. The van der Waals surface area contributed by atoms with Gasteiger partial charge in [-0.3, -0.25) is 4.79 Å². The highest BCUT2D eigenvalue weighted by molar-refractivity contribution is 8.00. The molecule has 1 fully saturated rings. The van der Waals surface area contributed by atoms with Gasteiger partial charge >= 0.3 is 0 Å². The van der Waals surface area contributed by atoms with Gasteiger partial charge in [0, 0.05) is 11.3 Å². The van der Waals surface area contributed by atoms with E-state index in [1.165, 1.54) is 25.7 Å². The Bertz CT molecular complexity index is 266. The van der Waals surface area contributed by atoms with Gasteiger partial charge in [-0.05, 0) is 26.0 Å². The van der Waals surface area contributed by atoms with E-state index in [1.54, 1.807) is 6.92 Å². The summed E-state index contributed by atoms with van der Waals surface area (Å²) >= 11 is 1.84. The Morgan fingerprint density at radius 2 is 2.20 bits per heavy atom. The van der Waals surface area contributed by atoms with E-state index >= 15 is 0 Å². The molecule has 0 aromatic rings. The van der Waals surface area contributed by atoms with E-state index in [9.17, 15) is 4.79 Å².